The van der Waals surface area contributed by atoms with Crippen LogP contribution in [0, 0.1) is 17.2 Å². The number of aliphatic hydroxyl groups excluding tert-OH is 1. The second kappa shape index (κ2) is 4.59. The lowest BCUT2D eigenvalue weighted by atomic mass is 10.00. The molecule has 0 spiro atoms. The van der Waals surface area contributed by atoms with Crippen molar-refractivity contribution in [2.24, 2.45) is 5.92 Å². The maximum Gasteiger partial charge on any atom is 0.0735 e. The van der Waals surface area contributed by atoms with Crippen molar-refractivity contribution >= 4 is 0 Å². The van der Waals surface area contributed by atoms with Crippen molar-refractivity contribution < 1.29 is 5.11 Å². The highest BCUT2D eigenvalue weighted by Gasteiger charge is 2.25. The average molecular weight is 182 g/mol. The van der Waals surface area contributed by atoms with E-state index in [0.717, 1.165) is 25.9 Å². The van der Waals surface area contributed by atoms with Crippen LogP contribution in [0.25, 0.3) is 0 Å². The molecule has 74 valence electrons. The van der Waals surface area contributed by atoms with Crippen molar-refractivity contribution in [1.82, 2.24) is 4.90 Å². The molecule has 0 bridgehead atoms. The van der Waals surface area contributed by atoms with Crippen molar-refractivity contribution in [3.8, 4) is 6.07 Å². The fourth-order valence-corrected chi connectivity index (χ4v) is 1.78. The van der Waals surface area contributed by atoms with Gasteiger partial charge in [-0.25, -0.2) is 0 Å². The molecule has 1 N–H and O–H groups in total. The summed E-state index contributed by atoms with van der Waals surface area (Å²) >= 11 is 0. The summed E-state index contributed by atoms with van der Waals surface area (Å²) in [5.74, 6) is -0.163. The van der Waals surface area contributed by atoms with Crippen LogP contribution in [0.3, 0.4) is 0 Å². The van der Waals surface area contributed by atoms with Gasteiger partial charge in [0.25, 0.3) is 0 Å². The molecular weight excluding hydrogens is 164 g/mol. The van der Waals surface area contributed by atoms with Crippen LogP contribution in [-0.2, 0) is 0 Å². The maximum absolute atomic E-state index is 9.60. The Morgan fingerprint density at radius 1 is 1.38 bits per heavy atom. The Balaban J connectivity index is 2.52. The normalized spacial score (nSPS) is 31.3. The smallest absolute Gasteiger partial charge is 0.0735 e. The number of rotatable bonds is 1. The van der Waals surface area contributed by atoms with Crippen molar-refractivity contribution in [2.45, 2.75) is 38.8 Å². The van der Waals surface area contributed by atoms with Gasteiger partial charge in [0, 0.05) is 12.6 Å². The molecule has 1 aliphatic heterocycles. The van der Waals surface area contributed by atoms with Gasteiger partial charge in [0.05, 0.1) is 18.1 Å². The molecular formula is C10H18N2O. The van der Waals surface area contributed by atoms with Crippen LogP contribution >= 0.6 is 0 Å². The first-order valence-electron chi connectivity index (χ1n) is 4.97. The highest BCUT2D eigenvalue weighted by atomic mass is 16.3. The summed E-state index contributed by atoms with van der Waals surface area (Å²) < 4.78 is 0. The van der Waals surface area contributed by atoms with Gasteiger partial charge in [-0.3, -0.25) is 0 Å². The van der Waals surface area contributed by atoms with Gasteiger partial charge in [0.2, 0.25) is 0 Å². The first-order valence-corrected chi connectivity index (χ1v) is 4.97. The van der Waals surface area contributed by atoms with Crippen molar-refractivity contribution in [2.75, 3.05) is 13.1 Å². The lowest BCUT2D eigenvalue weighted by Gasteiger charge is -2.23. The first kappa shape index (κ1) is 10.5. The highest BCUT2D eigenvalue weighted by molar-refractivity contribution is 4.91. The van der Waals surface area contributed by atoms with Gasteiger partial charge >= 0.3 is 0 Å². The van der Waals surface area contributed by atoms with Gasteiger partial charge in [0.1, 0.15) is 0 Å². The molecule has 0 saturated carbocycles. The molecule has 1 rings (SSSR count). The number of nitriles is 1. The minimum Gasteiger partial charge on any atom is -0.392 e. The van der Waals surface area contributed by atoms with Crippen molar-refractivity contribution in [3.63, 3.8) is 0 Å². The first-order chi connectivity index (χ1) is 6.15. The zero-order valence-electron chi connectivity index (χ0n) is 8.40. The SMILES string of the molecule is CC(C)N1CCC(O)C(C#N)CC1. The lowest BCUT2D eigenvalue weighted by Crippen LogP contribution is -2.31. The van der Waals surface area contributed by atoms with Gasteiger partial charge < -0.3 is 10.0 Å². The second-order valence-electron chi connectivity index (χ2n) is 4.01. The monoisotopic (exact) mass is 182 g/mol. The fraction of sp³-hybridized carbons (Fsp3) is 0.900. The minimum atomic E-state index is -0.422. The van der Waals surface area contributed by atoms with E-state index in [2.05, 4.69) is 24.8 Å². The Hall–Kier alpha value is -0.590. The second-order valence-corrected chi connectivity index (χ2v) is 4.01. The molecule has 3 nitrogen and oxygen atoms in total. The Morgan fingerprint density at radius 3 is 2.54 bits per heavy atom. The number of hydrogen-bond donors (Lipinski definition) is 1. The molecule has 1 fully saturated rings. The quantitative estimate of drug-likeness (QED) is 0.658. The highest BCUT2D eigenvalue weighted by Crippen LogP contribution is 2.18. The molecule has 1 saturated heterocycles. The van der Waals surface area contributed by atoms with Crippen LogP contribution in [0.4, 0.5) is 0 Å². The molecule has 2 unspecified atom stereocenters. The third-order valence-corrected chi connectivity index (χ3v) is 2.80. The van der Waals surface area contributed by atoms with Crippen LogP contribution in [0.15, 0.2) is 0 Å². The van der Waals surface area contributed by atoms with Crippen LogP contribution in [-0.4, -0.2) is 35.2 Å². The van der Waals surface area contributed by atoms with E-state index < -0.39 is 6.10 Å². The van der Waals surface area contributed by atoms with Gasteiger partial charge in [-0.05, 0) is 33.2 Å². The Labute approximate surface area is 80.0 Å². The minimum absolute atomic E-state index is 0.163. The molecule has 0 aromatic carbocycles. The van der Waals surface area contributed by atoms with Crippen molar-refractivity contribution in [3.05, 3.63) is 0 Å². The lowest BCUT2D eigenvalue weighted by molar-refractivity contribution is 0.126. The van der Waals surface area contributed by atoms with Crippen molar-refractivity contribution in [1.29, 1.82) is 5.26 Å². The Kier molecular flexibility index (Phi) is 3.71. The predicted molar refractivity (Wildman–Crippen MR) is 51.1 cm³/mol. The standard InChI is InChI=1S/C10H18N2O/c1-8(2)12-5-3-9(7-11)10(13)4-6-12/h8-10,13H,3-6H2,1-2H3. The number of nitrogens with zero attached hydrogens (tertiary/aromatic N) is 2. The third-order valence-electron chi connectivity index (χ3n) is 2.80. The van der Waals surface area contributed by atoms with E-state index in [4.69, 9.17) is 5.26 Å². The Morgan fingerprint density at radius 2 is 2.00 bits per heavy atom. The van der Waals surface area contributed by atoms with Crippen LogP contribution in [0.5, 0.6) is 0 Å². The molecule has 0 aliphatic carbocycles. The van der Waals surface area contributed by atoms with Gasteiger partial charge in [0.15, 0.2) is 0 Å². The molecule has 0 radical (unpaired) electrons. The van der Waals surface area contributed by atoms with Crippen LogP contribution < -0.4 is 0 Å². The topological polar surface area (TPSA) is 47.3 Å². The summed E-state index contributed by atoms with van der Waals surface area (Å²) in [6, 6.07) is 2.69. The summed E-state index contributed by atoms with van der Waals surface area (Å²) in [6.07, 6.45) is 1.11. The van der Waals surface area contributed by atoms with Gasteiger partial charge in [-0.2, -0.15) is 5.26 Å². The fourth-order valence-electron chi connectivity index (χ4n) is 1.78. The van der Waals surface area contributed by atoms with E-state index in [-0.39, 0.29) is 5.92 Å². The molecule has 1 heterocycles. The van der Waals surface area contributed by atoms with E-state index >= 15 is 0 Å². The van der Waals surface area contributed by atoms with Gasteiger partial charge in [-0.1, -0.05) is 0 Å². The van der Waals surface area contributed by atoms with Gasteiger partial charge in [-0.15, -0.1) is 0 Å². The number of likely N-dealkylation sites (tertiary alicyclic amines) is 1. The summed E-state index contributed by atoms with van der Waals surface area (Å²) in [7, 11) is 0. The van der Waals surface area contributed by atoms with E-state index in [0.29, 0.717) is 6.04 Å². The maximum atomic E-state index is 9.60. The van der Waals surface area contributed by atoms with Crippen LogP contribution in [0.2, 0.25) is 0 Å². The molecule has 0 aromatic rings. The van der Waals surface area contributed by atoms with E-state index in [1.165, 1.54) is 0 Å². The number of hydrogen-bond acceptors (Lipinski definition) is 3. The molecule has 13 heavy (non-hydrogen) atoms. The molecule has 0 amide bonds. The average Bonchev–Trinajstić information content (AvgIpc) is 2.27. The predicted octanol–water partition coefficient (Wildman–Crippen LogP) is 0.991. The molecule has 3 heteroatoms. The van der Waals surface area contributed by atoms with E-state index in [1.54, 1.807) is 0 Å². The van der Waals surface area contributed by atoms with E-state index in [9.17, 15) is 5.11 Å². The molecule has 2 atom stereocenters. The summed E-state index contributed by atoms with van der Waals surface area (Å²) in [5, 5.41) is 18.4. The van der Waals surface area contributed by atoms with Crippen LogP contribution in [0.1, 0.15) is 26.7 Å². The molecule has 0 aromatic heterocycles. The summed E-state index contributed by atoms with van der Waals surface area (Å²) in [4.78, 5) is 2.32. The third kappa shape index (κ3) is 2.68. The zero-order valence-corrected chi connectivity index (χ0v) is 8.40. The Bertz CT molecular complexity index is 198. The summed E-state index contributed by atoms with van der Waals surface area (Å²) in [5.41, 5.74) is 0. The molecule has 1 aliphatic rings. The largest absolute Gasteiger partial charge is 0.392 e. The number of aliphatic hydroxyl groups is 1. The zero-order chi connectivity index (χ0) is 9.84. The van der Waals surface area contributed by atoms with E-state index in [1.807, 2.05) is 0 Å². The summed E-state index contributed by atoms with van der Waals surface area (Å²) in [6.45, 7) is 6.15.